The predicted octanol–water partition coefficient (Wildman–Crippen LogP) is 4.08. The van der Waals surface area contributed by atoms with E-state index in [1.807, 2.05) is 23.6 Å². The van der Waals surface area contributed by atoms with Crippen LogP contribution >= 0.6 is 22.9 Å². The Bertz CT molecular complexity index is 1100. The molecule has 0 radical (unpaired) electrons. The summed E-state index contributed by atoms with van der Waals surface area (Å²) in [5, 5.41) is 6.29. The summed E-state index contributed by atoms with van der Waals surface area (Å²) in [5.74, 6) is 2.22. The molecule has 8 heteroatoms. The van der Waals surface area contributed by atoms with Gasteiger partial charge in [0.1, 0.15) is 12.1 Å². The highest BCUT2D eigenvalue weighted by atomic mass is 35.5. The number of halogens is 1. The van der Waals surface area contributed by atoms with Crippen molar-refractivity contribution in [1.29, 1.82) is 0 Å². The Morgan fingerprint density at radius 3 is 2.85 bits per heavy atom. The second kappa shape index (κ2) is 6.17. The van der Waals surface area contributed by atoms with Gasteiger partial charge in [-0.05, 0) is 38.0 Å². The SMILES string of the molecule is Cc1cc(N2CCC(c3nc4cc(Cl)ccc4s3)CC2)n2ncnc2n1. The Kier molecular flexibility index (Phi) is 3.79. The van der Waals surface area contributed by atoms with Crippen LogP contribution in [0.3, 0.4) is 0 Å². The fraction of sp³-hybridized carbons (Fsp3) is 0.333. The maximum absolute atomic E-state index is 6.09. The number of aromatic nitrogens is 5. The predicted molar refractivity (Wildman–Crippen MR) is 104 cm³/mol. The van der Waals surface area contributed by atoms with Gasteiger partial charge in [0.15, 0.2) is 0 Å². The van der Waals surface area contributed by atoms with E-state index >= 15 is 0 Å². The molecule has 3 aromatic heterocycles. The lowest BCUT2D eigenvalue weighted by atomic mass is 9.97. The van der Waals surface area contributed by atoms with Gasteiger partial charge in [-0.15, -0.1) is 11.3 Å². The molecule has 1 aliphatic rings. The van der Waals surface area contributed by atoms with E-state index in [9.17, 15) is 0 Å². The van der Waals surface area contributed by atoms with Crippen LogP contribution in [0.1, 0.15) is 29.5 Å². The maximum atomic E-state index is 6.09. The molecule has 6 nitrogen and oxygen atoms in total. The summed E-state index contributed by atoms with van der Waals surface area (Å²) < 4.78 is 3.04. The molecule has 0 spiro atoms. The second-order valence-corrected chi connectivity index (χ2v) is 8.15. The molecule has 0 saturated carbocycles. The van der Waals surface area contributed by atoms with Crippen LogP contribution < -0.4 is 4.90 Å². The Morgan fingerprint density at radius 2 is 2.00 bits per heavy atom. The standard InChI is InChI=1S/C18H17ClN6S/c1-11-8-16(25-18(22-11)20-10-21-25)24-6-4-12(5-7-24)17-23-14-9-13(19)2-3-15(14)26-17/h2-3,8-10,12H,4-7H2,1H3. The number of aryl methyl sites for hydroxylation is 1. The number of anilines is 1. The van der Waals surface area contributed by atoms with Gasteiger partial charge in [-0.3, -0.25) is 0 Å². The quantitative estimate of drug-likeness (QED) is 0.521. The lowest BCUT2D eigenvalue weighted by Gasteiger charge is -2.32. The Balaban J connectivity index is 1.39. The molecular weight excluding hydrogens is 368 g/mol. The second-order valence-electron chi connectivity index (χ2n) is 6.65. The molecule has 0 atom stereocenters. The van der Waals surface area contributed by atoms with E-state index in [0.717, 1.165) is 48.0 Å². The summed E-state index contributed by atoms with van der Waals surface area (Å²) in [4.78, 5) is 15.9. The lowest BCUT2D eigenvalue weighted by Crippen LogP contribution is -2.34. The third-order valence-corrected chi connectivity index (χ3v) is 6.33. The van der Waals surface area contributed by atoms with E-state index in [4.69, 9.17) is 16.6 Å². The molecule has 0 unspecified atom stereocenters. The number of hydrogen-bond donors (Lipinski definition) is 0. The highest BCUT2D eigenvalue weighted by Crippen LogP contribution is 2.35. The number of thiazole rings is 1. The monoisotopic (exact) mass is 384 g/mol. The van der Waals surface area contributed by atoms with Crippen LogP contribution in [0.25, 0.3) is 16.0 Å². The van der Waals surface area contributed by atoms with E-state index < -0.39 is 0 Å². The van der Waals surface area contributed by atoms with Crippen molar-refractivity contribution in [2.24, 2.45) is 0 Å². The molecule has 0 N–H and O–H groups in total. The topological polar surface area (TPSA) is 59.2 Å². The average molecular weight is 385 g/mol. The minimum atomic E-state index is 0.497. The fourth-order valence-corrected chi connectivity index (χ4v) is 4.87. The summed E-state index contributed by atoms with van der Waals surface area (Å²) in [6.45, 7) is 3.94. The van der Waals surface area contributed by atoms with Crippen molar-refractivity contribution >= 4 is 44.7 Å². The summed E-state index contributed by atoms with van der Waals surface area (Å²) >= 11 is 7.88. The van der Waals surface area contributed by atoms with Crippen molar-refractivity contribution in [3.8, 4) is 0 Å². The molecule has 1 aliphatic heterocycles. The minimum absolute atomic E-state index is 0.497. The van der Waals surface area contributed by atoms with Crippen LogP contribution in [-0.4, -0.2) is 37.7 Å². The van der Waals surface area contributed by atoms with Crippen LogP contribution in [0, 0.1) is 6.92 Å². The van der Waals surface area contributed by atoms with Crippen LogP contribution in [0.4, 0.5) is 5.82 Å². The normalized spacial score (nSPS) is 16.0. The number of piperidine rings is 1. The van der Waals surface area contributed by atoms with Gasteiger partial charge in [-0.1, -0.05) is 11.6 Å². The zero-order chi connectivity index (χ0) is 17.7. The van der Waals surface area contributed by atoms with Crippen molar-refractivity contribution in [3.63, 3.8) is 0 Å². The van der Waals surface area contributed by atoms with Crippen molar-refractivity contribution in [2.75, 3.05) is 18.0 Å². The van der Waals surface area contributed by atoms with E-state index in [1.165, 1.54) is 9.71 Å². The summed E-state index contributed by atoms with van der Waals surface area (Å²) in [7, 11) is 0. The molecule has 0 amide bonds. The van der Waals surface area contributed by atoms with E-state index in [1.54, 1.807) is 17.7 Å². The van der Waals surface area contributed by atoms with Gasteiger partial charge in [-0.25, -0.2) is 9.97 Å². The molecule has 26 heavy (non-hydrogen) atoms. The highest BCUT2D eigenvalue weighted by molar-refractivity contribution is 7.18. The van der Waals surface area contributed by atoms with Crippen LogP contribution in [0.5, 0.6) is 0 Å². The van der Waals surface area contributed by atoms with Gasteiger partial charge >= 0.3 is 0 Å². The fourth-order valence-electron chi connectivity index (χ4n) is 3.59. The molecule has 4 heterocycles. The first-order chi connectivity index (χ1) is 12.7. The summed E-state index contributed by atoms with van der Waals surface area (Å²) in [6.07, 6.45) is 3.71. The highest BCUT2D eigenvalue weighted by Gasteiger charge is 2.25. The summed E-state index contributed by atoms with van der Waals surface area (Å²) in [5.41, 5.74) is 1.97. The largest absolute Gasteiger partial charge is 0.356 e. The van der Waals surface area contributed by atoms with Crippen LogP contribution in [0.2, 0.25) is 5.02 Å². The van der Waals surface area contributed by atoms with Gasteiger partial charge < -0.3 is 4.90 Å². The van der Waals surface area contributed by atoms with Gasteiger partial charge in [0, 0.05) is 35.8 Å². The lowest BCUT2D eigenvalue weighted by molar-refractivity contribution is 0.498. The Hall–Kier alpha value is -2.25. The van der Waals surface area contributed by atoms with E-state index in [0.29, 0.717) is 11.7 Å². The Morgan fingerprint density at radius 1 is 1.15 bits per heavy atom. The molecule has 0 aliphatic carbocycles. The van der Waals surface area contributed by atoms with E-state index in [-0.39, 0.29) is 0 Å². The molecule has 1 saturated heterocycles. The summed E-state index contributed by atoms with van der Waals surface area (Å²) in [6, 6.07) is 8.04. The van der Waals surface area contributed by atoms with Crippen LogP contribution in [-0.2, 0) is 0 Å². The van der Waals surface area contributed by atoms with Gasteiger partial charge in [0.05, 0.1) is 15.2 Å². The molecule has 4 aromatic rings. The average Bonchev–Trinajstić information content (AvgIpc) is 3.27. The molecule has 0 bridgehead atoms. The number of fused-ring (bicyclic) bond motifs is 2. The molecule has 1 fully saturated rings. The third kappa shape index (κ3) is 2.71. The number of rotatable bonds is 2. The maximum Gasteiger partial charge on any atom is 0.254 e. The van der Waals surface area contributed by atoms with Gasteiger partial charge in [0.25, 0.3) is 5.78 Å². The molecule has 5 rings (SSSR count). The van der Waals surface area contributed by atoms with Crippen molar-refractivity contribution < 1.29 is 0 Å². The minimum Gasteiger partial charge on any atom is -0.356 e. The van der Waals surface area contributed by atoms with E-state index in [2.05, 4.69) is 32.1 Å². The van der Waals surface area contributed by atoms with Gasteiger partial charge in [0.2, 0.25) is 0 Å². The molecule has 132 valence electrons. The molecular formula is C18H17ClN6S. The van der Waals surface area contributed by atoms with Crippen LogP contribution in [0.15, 0.2) is 30.6 Å². The zero-order valence-electron chi connectivity index (χ0n) is 14.3. The third-order valence-electron chi connectivity index (χ3n) is 4.90. The van der Waals surface area contributed by atoms with Crippen molar-refractivity contribution in [1.82, 2.24) is 24.6 Å². The van der Waals surface area contributed by atoms with Crippen molar-refractivity contribution in [3.05, 3.63) is 46.3 Å². The molecule has 1 aromatic carbocycles. The van der Waals surface area contributed by atoms with Crippen molar-refractivity contribution in [2.45, 2.75) is 25.7 Å². The number of nitrogens with zero attached hydrogens (tertiary/aromatic N) is 6. The first-order valence-corrected chi connectivity index (χ1v) is 9.85. The smallest absolute Gasteiger partial charge is 0.254 e. The number of hydrogen-bond acceptors (Lipinski definition) is 6. The zero-order valence-corrected chi connectivity index (χ0v) is 15.8. The Labute approximate surface area is 159 Å². The van der Waals surface area contributed by atoms with Gasteiger partial charge in [-0.2, -0.15) is 14.6 Å². The first-order valence-electron chi connectivity index (χ1n) is 8.66. The first kappa shape index (κ1) is 16.0. The number of benzene rings is 1.